The fourth-order valence-electron chi connectivity index (χ4n) is 12.4. The minimum absolute atomic E-state index is 0.106. The van der Waals surface area contributed by atoms with Crippen LogP contribution in [0.4, 0.5) is 0 Å². The lowest BCUT2D eigenvalue weighted by molar-refractivity contribution is -0.161. The molecule has 4 unspecified atom stereocenters. The van der Waals surface area contributed by atoms with Crippen molar-refractivity contribution in [2.24, 2.45) is 23.7 Å². The standard InChI is InChI=1S/C81H158O17P2/c1-9-73(7)59-51-43-35-29-25-26-32-38-48-56-64-81(86)97-76(67-91-78(83)61-53-45-36-30-23-19-16-15-18-22-28-34-42-50-58-72(5)6)69-95-99(87,88)93-65-75(82)66-94-100(89,90)96-70-77(68-92-79(84)62-54-46-40-39-44-52-60-74(8)10-2)98-80(85)63-55-47-37-31-24-20-14-12-11-13-17-21-27-33-41-49-57-71(3)4/h71-77,82H,9-70H2,1-8H3,(H,87,88)(H,89,90)/t73?,74?,75-,76-,77-/m1/s1. The molecule has 3 N–H and O–H groups in total. The van der Waals surface area contributed by atoms with E-state index >= 15 is 0 Å². The molecule has 0 aliphatic carbocycles. The Morgan fingerprint density at radius 3 is 0.710 bits per heavy atom. The molecule has 0 heterocycles. The van der Waals surface area contributed by atoms with Crippen molar-refractivity contribution in [1.82, 2.24) is 0 Å². The molecule has 0 saturated heterocycles. The Labute approximate surface area is 613 Å². The number of hydrogen-bond donors (Lipinski definition) is 3. The van der Waals surface area contributed by atoms with E-state index in [1.54, 1.807) is 0 Å². The highest BCUT2D eigenvalue weighted by Crippen LogP contribution is 2.45. The smallest absolute Gasteiger partial charge is 0.462 e. The van der Waals surface area contributed by atoms with Gasteiger partial charge in [-0.3, -0.25) is 37.3 Å². The molecular formula is C81H158O17P2. The third kappa shape index (κ3) is 71.7. The van der Waals surface area contributed by atoms with Gasteiger partial charge < -0.3 is 33.8 Å². The molecule has 0 aromatic carbocycles. The third-order valence-corrected chi connectivity index (χ3v) is 21.4. The van der Waals surface area contributed by atoms with Crippen LogP contribution in [0.5, 0.6) is 0 Å². The number of unbranched alkanes of at least 4 members (excludes halogenated alkanes) is 42. The molecular weight excluding hydrogens is 1310 g/mol. The molecule has 0 spiro atoms. The van der Waals surface area contributed by atoms with Gasteiger partial charge in [-0.25, -0.2) is 9.13 Å². The second-order valence-electron chi connectivity index (χ2n) is 30.6. The predicted octanol–water partition coefficient (Wildman–Crippen LogP) is 24.0. The maximum absolute atomic E-state index is 13.1. The van der Waals surface area contributed by atoms with Crippen molar-refractivity contribution in [3.05, 3.63) is 0 Å². The minimum Gasteiger partial charge on any atom is -0.462 e. The fraction of sp³-hybridized carbons (Fsp3) is 0.951. The van der Waals surface area contributed by atoms with Crippen LogP contribution < -0.4 is 0 Å². The molecule has 594 valence electrons. The van der Waals surface area contributed by atoms with Gasteiger partial charge in [0, 0.05) is 25.7 Å². The lowest BCUT2D eigenvalue weighted by atomic mass is 9.99. The van der Waals surface area contributed by atoms with E-state index in [-0.39, 0.29) is 25.7 Å². The molecule has 0 fully saturated rings. The van der Waals surface area contributed by atoms with Gasteiger partial charge in [0.15, 0.2) is 12.2 Å². The zero-order chi connectivity index (χ0) is 73.8. The third-order valence-electron chi connectivity index (χ3n) is 19.5. The lowest BCUT2D eigenvalue weighted by Crippen LogP contribution is -2.30. The monoisotopic (exact) mass is 1470 g/mol. The van der Waals surface area contributed by atoms with Gasteiger partial charge in [-0.1, -0.05) is 364 Å². The highest BCUT2D eigenvalue weighted by atomic mass is 31.2. The second-order valence-corrected chi connectivity index (χ2v) is 33.5. The van der Waals surface area contributed by atoms with Crippen molar-refractivity contribution >= 4 is 39.5 Å². The highest BCUT2D eigenvalue weighted by Gasteiger charge is 2.30. The number of carbonyl (C=O) groups is 4. The van der Waals surface area contributed by atoms with Crippen molar-refractivity contribution in [2.75, 3.05) is 39.6 Å². The van der Waals surface area contributed by atoms with Crippen LogP contribution in [0.3, 0.4) is 0 Å². The molecule has 0 bridgehead atoms. The fourth-order valence-corrected chi connectivity index (χ4v) is 13.9. The summed E-state index contributed by atoms with van der Waals surface area (Å²) in [6, 6.07) is 0. The summed E-state index contributed by atoms with van der Waals surface area (Å²) in [5.41, 5.74) is 0. The van der Waals surface area contributed by atoms with Crippen LogP contribution in [0.25, 0.3) is 0 Å². The maximum atomic E-state index is 13.1. The summed E-state index contributed by atoms with van der Waals surface area (Å²) in [6.45, 7) is 14.3. The van der Waals surface area contributed by atoms with Gasteiger partial charge in [0.2, 0.25) is 0 Å². The molecule has 7 atom stereocenters. The maximum Gasteiger partial charge on any atom is 0.472 e. The van der Waals surface area contributed by atoms with Gasteiger partial charge in [0.05, 0.1) is 26.4 Å². The van der Waals surface area contributed by atoms with E-state index in [0.29, 0.717) is 25.7 Å². The molecule has 0 aromatic rings. The molecule has 0 aliphatic heterocycles. The van der Waals surface area contributed by atoms with E-state index < -0.39 is 97.5 Å². The minimum atomic E-state index is -4.96. The first-order valence-electron chi connectivity index (χ1n) is 41.8. The molecule has 100 heavy (non-hydrogen) atoms. The normalized spacial score (nSPS) is 14.6. The summed E-state index contributed by atoms with van der Waals surface area (Å²) < 4.78 is 68.7. The Bertz CT molecular complexity index is 1960. The first kappa shape index (κ1) is 98.1. The molecule has 17 nitrogen and oxygen atoms in total. The number of hydrogen-bond acceptors (Lipinski definition) is 15. The van der Waals surface area contributed by atoms with Crippen molar-refractivity contribution in [3.8, 4) is 0 Å². The number of carbonyl (C=O) groups excluding carboxylic acids is 4. The number of phosphoric ester groups is 2. The molecule has 0 radical (unpaired) electrons. The Balaban J connectivity index is 5.23. The largest absolute Gasteiger partial charge is 0.472 e. The summed E-state index contributed by atoms with van der Waals surface area (Å²) in [5.74, 6) is 1.03. The van der Waals surface area contributed by atoms with Gasteiger partial charge in [-0.05, 0) is 49.4 Å². The van der Waals surface area contributed by atoms with Crippen molar-refractivity contribution in [3.63, 3.8) is 0 Å². The van der Waals surface area contributed by atoms with Crippen LogP contribution in [-0.2, 0) is 65.4 Å². The van der Waals surface area contributed by atoms with Crippen LogP contribution in [0.2, 0.25) is 0 Å². The van der Waals surface area contributed by atoms with E-state index in [0.717, 1.165) is 120 Å². The number of phosphoric acid groups is 2. The molecule has 19 heteroatoms. The number of esters is 4. The van der Waals surface area contributed by atoms with Crippen LogP contribution >= 0.6 is 15.6 Å². The number of rotatable bonds is 78. The highest BCUT2D eigenvalue weighted by molar-refractivity contribution is 7.47. The molecule has 0 aromatic heterocycles. The van der Waals surface area contributed by atoms with E-state index in [2.05, 4.69) is 55.4 Å². The summed E-state index contributed by atoms with van der Waals surface area (Å²) >= 11 is 0. The lowest BCUT2D eigenvalue weighted by Gasteiger charge is -2.21. The molecule has 0 amide bonds. The van der Waals surface area contributed by atoms with Gasteiger partial charge >= 0.3 is 39.5 Å². The van der Waals surface area contributed by atoms with Crippen molar-refractivity contribution < 1.29 is 80.2 Å². The summed E-state index contributed by atoms with van der Waals surface area (Å²) in [6.07, 6.45) is 56.8. The first-order chi connectivity index (χ1) is 48.2. The Morgan fingerprint density at radius 2 is 0.480 bits per heavy atom. The van der Waals surface area contributed by atoms with Gasteiger partial charge in [0.25, 0.3) is 0 Å². The molecule has 0 saturated carbocycles. The Kier molecular flexibility index (Phi) is 68.7. The second kappa shape index (κ2) is 70.1. The average Bonchev–Trinajstić information content (AvgIpc) is 0.988. The van der Waals surface area contributed by atoms with E-state index in [4.69, 9.17) is 37.0 Å². The van der Waals surface area contributed by atoms with Crippen LogP contribution in [0.15, 0.2) is 0 Å². The Hall–Kier alpha value is -1.94. The zero-order valence-corrected chi connectivity index (χ0v) is 67.6. The van der Waals surface area contributed by atoms with Crippen LogP contribution in [0, 0.1) is 23.7 Å². The summed E-state index contributed by atoms with van der Waals surface area (Å²) in [7, 11) is -9.92. The van der Waals surface area contributed by atoms with Crippen LogP contribution in [-0.4, -0.2) is 96.7 Å². The van der Waals surface area contributed by atoms with Gasteiger partial charge in [0.1, 0.15) is 19.3 Å². The quantitative estimate of drug-likeness (QED) is 0.0222. The van der Waals surface area contributed by atoms with E-state index in [9.17, 15) is 43.2 Å². The molecule has 0 rings (SSSR count). The summed E-state index contributed by atoms with van der Waals surface area (Å²) in [4.78, 5) is 73.0. The number of ether oxygens (including phenoxy) is 4. The SMILES string of the molecule is CCC(C)CCCCCCCCCCCCC(=O)O[C@H](COC(=O)CCCCCCCCCCCCCCCCC(C)C)COP(=O)(O)OC[C@@H](O)COP(=O)(O)OC[C@@H](COC(=O)CCCCCCCCC(C)CC)OC(=O)CCCCCCCCCCCCCCCCCCC(C)C. The number of aliphatic hydroxyl groups excluding tert-OH is 1. The molecule has 0 aliphatic rings. The van der Waals surface area contributed by atoms with Crippen molar-refractivity contribution in [2.45, 2.75) is 433 Å². The predicted molar refractivity (Wildman–Crippen MR) is 409 cm³/mol. The Morgan fingerprint density at radius 1 is 0.280 bits per heavy atom. The van der Waals surface area contributed by atoms with Crippen LogP contribution in [0.1, 0.15) is 415 Å². The van der Waals surface area contributed by atoms with Crippen molar-refractivity contribution in [1.29, 1.82) is 0 Å². The zero-order valence-electron chi connectivity index (χ0n) is 65.8. The van der Waals surface area contributed by atoms with Gasteiger partial charge in [-0.2, -0.15) is 0 Å². The summed E-state index contributed by atoms with van der Waals surface area (Å²) in [5, 5.41) is 10.6. The van der Waals surface area contributed by atoms with E-state index in [1.807, 2.05) is 0 Å². The van der Waals surface area contributed by atoms with E-state index in [1.165, 1.54) is 212 Å². The first-order valence-corrected chi connectivity index (χ1v) is 44.8. The topological polar surface area (TPSA) is 237 Å². The van der Waals surface area contributed by atoms with Gasteiger partial charge in [-0.15, -0.1) is 0 Å². The number of aliphatic hydroxyl groups is 1. The average molecular weight is 1470 g/mol.